The maximum Gasteiger partial charge on any atom is 0.0540 e. The molecule has 0 unspecified atom stereocenters. The van der Waals surface area contributed by atoms with E-state index in [4.69, 9.17) is 0 Å². The summed E-state index contributed by atoms with van der Waals surface area (Å²) in [5.74, 6) is 0. The molecule has 0 saturated carbocycles. The van der Waals surface area contributed by atoms with Gasteiger partial charge in [-0.3, -0.25) is 0 Å². The van der Waals surface area contributed by atoms with Crippen molar-refractivity contribution in [1.82, 2.24) is 0 Å². The standard InChI is InChI=1S/C55H37NS/c1-3-15-37(16-4-1)38-27-30-42(31-28-38)56(52-25-13-11-21-45(52)39-17-5-2-6-18-39)43-32-34-49-51(36-43)47-23-10-9-22-46(47)44-20-8-7-19-40(44)35-41-29-33-50-48-24-12-14-26-53(48)57-55(50)54(41)49/h1-34,36H,35H2. The van der Waals surface area contributed by atoms with Gasteiger partial charge in [-0.25, -0.2) is 0 Å². The topological polar surface area (TPSA) is 3.24 Å². The number of benzene rings is 9. The van der Waals surface area contributed by atoms with Crippen molar-refractivity contribution in [2.24, 2.45) is 0 Å². The number of thiophene rings is 1. The molecule has 1 heterocycles. The lowest BCUT2D eigenvalue weighted by Crippen LogP contribution is -2.11. The minimum Gasteiger partial charge on any atom is -0.310 e. The summed E-state index contributed by atoms with van der Waals surface area (Å²) >= 11 is 1.92. The third-order valence-electron chi connectivity index (χ3n) is 11.5. The summed E-state index contributed by atoms with van der Waals surface area (Å²) < 4.78 is 2.67. The lowest BCUT2D eigenvalue weighted by Gasteiger charge is -2.29. The van der Waals surface area contributed by atoms with Crippen LogP contribution in [0.4, 0.5) is 17.1 Å². The summed E-state index contributed by atoms with van der Waals surface area (Å²) in [6.07, 6.45) is 0.857. The summed E-state index contributed by atoms with van der Waals surface area (Å²) in [5, 5.41) is 2.64. The average molecular weight is 744 g/mol. The summed E-state index contributed by atoms with van der Waals surface area (Å²) in [5.41, 5.74) is 18.4. The first-order valence-electron chi connectivity index (χ1n) is 19.6. The number of anilines is 3. The van der Waals surface area contributed by atoms with Crippen LogP contribution in [0.2, 0.25) is 0 Å². The number of nitrogens with zero attached hydrogens (tertiary/aromatic N) is 1. The van der Waals surface area contributed by atoms with Crippen LogP contribution in [0.1, 0.15) is 11.1 Å². The van der Waals surface area contributed by atoms with Gasteiger partial charge in [0.1, 0.15) is 0 Å². The highest BCUT2D eigenvalue weighted by Crippen LogP contribution is 2.50. The van der Waals surface area contributed by atoms with Crippen molar-refractivity contribution in [3.05, 3.63) is 223 Å². The van der Waals surface area contributed by atoms with Crippen molar-refractivity contribution in [3.63, 3.8) is 0 Å². The molecule has 268 valence electrons. The van der Waals surface area contributed by atoms with E-state index in [9.17, 15) is 0 Å². The lowest BCUT2D eigenvalue weighted by atomic mass is 9.88. The van der Waals surface area contributed by atoms with Gasteiger partial charge in [0.15, 0.2) is 0 Å². The van der Waals surface area contributed by atoms with Crippen LogP contribution in [-0.2, 0) is 6.42 Å². The van der Waals surface area contributed by atoms with Gasteiger partial charge in [0, 0.05) is 42.7 Å². The molecule has 57 heavy (non-hydrogen) atoms. The maximum absolute atomic E-state index is 2.45. The zero-order chi connectivity index (χ0) is 37.7. The number of fused-ring (bicyclic) bond motifs is 11. The fourth-order valence-electron chi connectivity index (χ4n) is 8.87. The van der Waals surface area contributed by atoms with Crippen molar-refractivity contribution in [2.75, 3.05) is 4.90 Å². The van der Waals surface area contributed by atoms with E-state index in [1.165, 1.54) is 86.9 Å². The van der Waals surface area contributed by atoms with E-state index in [0.717, 1.165) is 23.5 Å². The van der Waals surface area contributed by atoms with Gasteiger partial charge in [0.2, 0.25) is 0 Å². The van der Waals surface area contributed by atoms with Crippen molar-refractivity contribution in [3.8, 4) is 55.6 Å². The summed E-state index contributed by atoms with van der Waals surface area (Å²) in [6.45, 7) is 0. The highest BCUT2D eigenvalue weighted by molar-refractivity contribution is 7.26. The summed E-state index contributed by atoms with van der Waals surface area (Å²) in [6, 6.07) is 78.0. The zero-order valence-electron chi connectivity index (χ0n) is 31.3. The smallest absolute Gasteiger partial charge is 0.0540 e. The molecule has 1 nitrogen and oxygen atoms in total. The van der Waals surface area contributed by atoms with E-state index in [1.54, 1.807) is 0 Å². The van der Waals surface area contributed by atoms with Gasteiger partial charge in [-0.1, -0.05) is 176 Å². The monoisotopic (exact) mass is 743 g/mol. The number of hydrogen-bond donors (Lipinski definition) is 0. The zero-order valence-corrected chi connectivity index (χ0v) is 32.1. The van der Waals surface area contributed by atoms with Crippen LogP contribution in [0.15, 0.2) is 212 Å². The third-order valence-corrected chi connectivity index (χ3v) is 12.7. The second kappa shape index (κ2) is 13.9. The Morgan fingerprint density at radius 3 is 1.74 bits per heavy atom. The largest absolute Gasteiger partial charge is 0.310 e. The van der Waals surface area contributed by atoms with Crippen molar-refractivity contribution >= 4 is 48.6 Å². The predicted molar refractivity (Wildman–Crippen MR) is 244 cm³/mol. The number of hydrogen-bond acceptors (Lipinski definition) is 2. The molecule has 0 spiro atoms. The minimum atomic E-state index is 0.857. The van der Waals surface area contributed by atoms with Gasteiger partial charge in [-0.2, -0.15) is 0 Å². The van der Waals surface area contributed by atoms with Gasteiger partial charge in [-0.15, -0.1) is 11.3 Å². The molecule has 0 N–H and O–H groups in total. The normalized spacial score (nSPS) is 11.8. The van der Waals surface area contributed by atoms with Crippen LogP contribution in [0.3, 0.4) is 0 Å². The van der Waals surface area contributed by atoms with Gasteiger partial charge in [0.25, 0.3) is 0 Å². The van der Waals surface area contributed by atoms with Crippen molar-refractivity contribution in [2.45, 2.75) is 6.42 Å². The van der Waals surface area contributed by atoms with Gasteiger partial charge >= 0.3 is 0 Å². The second-order valence-corrected chi connectivity index (χ2v) is 15.9. The van der Waals surface area contributed by atoms with Gasteiger partial charge in [-0.05, 0) is 98.5 Å². The fourth-order valence-corrected chi connectivity index (χ4v) is 10.2. The Hall–Kier alpha value is -7.00. The predicted octanol–water partition coefficient (Wildman–Crippen LogP) is 15.8. The van der Waals surface area contributed by atoms with Crippen LogP contribution in [0.25, 0.3) is 75.8 Å². The van der Waals surface area contributed by atoms with Crippen LogP contribution in [0, 0.1) is 0 Å². The van der Waals surface area contributed by atoms with Crippen LogP contribution in [0.5, 0.6) is 0 Å². The molecule has 1 aliphatic rings. The maximum atomic E-state index is 2.45. The van der Waals surface area contributed by atoms with E-state index in [2.05, 4.69) is 217 Å². The van der Waals surface area contributed by atoms with E-state index < -0.39 is 0 Å². The molecule has 1 aromatic heterocycles. The van der Waals surface area contributed by atoms with Crippen LogP contribution < -0.4 is 4.90 Å². The molecule has 9 aromatic carbocycles. The van der Waals surface area contributed by atoms with E-state index in [-0.39, 0.29) is 0 Å². The molecule has 0 atom stereocenters. The van der Waals surface area contributed by atoms with Crippen LogP contribution in [-0.4, -0.2) is 0 Å². The molecule has 2 heteroatoms. The second-order valence-electron chi connectivity index (χ2n) is 14.8. The minimum absolute atomic E-state index is 0.857. The number of para-hydroxylation sites is 1. The molecular formula is C55H37NS. The molecule has 0 amide bonds. The Bertz CT molecular complexity index is 3090. The third kappa shape index (κ3) is 5.77. The Kier molecular flexibility index (Phi) is 8.15. The van der Waals surface area contributed by atoms with Crippen molar-refractivity contribution < 1.29 is 0 Å². The Morgan fingerprint density at radius 2 is 0.947 bits per heavy atom. The van der Waals surface area contributed by atoms with Gasteiger partial charge < -0.3 is 4.90 Å². The van der Waals surface area contributed by atoms with Crippen molar-refractivity contribution in [1.29, 1.82) is 0 Å². The summed E-state index contributed by atoms with van der Waals surface area (Å²) in [4.78, 5) is 2.45. The quantitative estimate of drug-likeness (QED) is 0.170. The SMILES string of the molecule is c1ccc(-c2ccc(N(c3ccc4c(c3)-c3ccccc3-c3ccccc3Cc3ccc5c(sc6ccccc65)c3-4)c3ccccc3-c3ccccc3)cc2)cc1. The first-order valence-corrected chi connectivity index (χ1v) is 20.5. The first kappa shape index (κ1) is 33.3. The molecule has 11 rings (SSSR count). The Morgan fingerprint density at radius 1 is 0.351 bits per heavy atom. The average Bonchev–Trinajstić information content (AvgIpc) is 3.68. The van der Waals surface area contributed by atoms with E-state index in [0.29, 0.717) is 0 Å². The highest BCUT2D eigenvalue weighted by Gasteiger charge is 2.25. The lowest BCUT2D eigenvalue weighted by molar-refractivity contribution is 1.21. The number of rotatable bonds is 5. The molecule has 0 bridgehead atoms. The van der Waals surface area contributed by atoms with E-state index in [1.807, 2.05) is 11.3 Å². The molecular weight excluding hydrogens is 707 g/mol. The molecule has 0 fully saturated rings. The molecule has 0 radical (unpaired) electrons. The Labute approximate surface area is 337 Å². The highest BCUT2D eigenvalue weighted by atomic mass is 32.1. The van der Waals surface area contributed by atoms with Gasteiger partial charge in [0.05, 0.1) is 5.69 Å². The summed E-state index contributed by atoms with van der Waals surface area (Å²) in [7, 11) is 0. The Balaban J connectivity index is 1.20. The molecule has 1 aliphatic carbocycles. The van der Waals surface area contributed by atoms with E-state index >= 15 is 0 Å². The molecule has 0 saturated heterocycles. The molecule has 0 aliphatic heterocycles. The fraction of sp³-hybridized carbons (Fsp3) is 0.0182. The molecule has 10 aromatic rings. The van der Waals surface area contributed by atoms with Crippen LogP contribution >= 0.6 is 11.3 Å². The first-order chi connectivity index (χ1) is 28.3.